The van der Waals surface area contributed by atoms with E-state index in [1.807, 2.05) is 24.3 Å². The summed E-state index contributed by atoms with van der Waals surface area (Å²) in [5, 5.41) is 0. The summed E-state index contributed by atoms with van der Waals surface area (Å²) in [7, 11) is -4.79. The zero-order chi connectivity index (χ0) is 36.8. The van der Waals surface area contributed by atoms with Crippen molar-refractivity contribution in [2.24, 2.45) is 0 Å². The molecule has 0 aromatic heterocycles. The molecule has 0 spiro atoms. The number of phosphoric ester groups is 1. The molecule has 0 radical (unpaired) electrons. The molecule has 0 aromatic carbocycles. The van der Waals surface area contributed by atoms with Gasteiger partial charge in [-0.15, -0.1) is 0 Å². The Kier molecular flexibility index (Phi) is 32.8. The number of allylic oxidation sites excluding steroid dienone is 20. The third-order valence-corrected chi connectivity index (χ3v) is 6.99. The highest BCUT2D eigenvalue weighted by atomic mass is 31.2. The lowest BCUT2D eigenvalue weighted by Gasteiger charge is -2.18. The van der Waals surface area contributed by atoms with E-state index in [4.69, 9.17) is 19.3 Å². The fourth-order valence-corrected chi connectivity index (χ4v) is 4.30. The van der Waals surface area contributed by atoms with E-state index in [1.54, 1.807) is 0 Å². The molecule has 0 fully saturated rings. The predicted octanol–water partition coefficient (Wildman–Crippen LogP) is 10.6. The Hall–Kier alpha value is -3.55. The van der Waals surface area contributed by atoms with Gasteiger partial charge in [0.2, 0.25) is 0 Å². The van der Waals surface area contributed by atoms with E-state index in [0.717, 1.165) is 64.2 Å². The molecule has 0 saturated heterocycles. The number of rotatable bonds is 30. The molecule has 50 heavy (non-hydrogen) atoms. The summed E-state index contributed by atoms with van der Waals surface area (Å²) in [5.74, 6) is -1.10. The normalized spacial score (nSPS) is 13.9. The number of ether oxygens (including phenoxy) is 2. The highest BCUT2D eigenvalue weighted by Crippen LogP contribution is 2.35. The van der Waals surface area contributed by atoms with Crippen LogP contribution in [0.4, 0.5) is 0 Å². The van der Waals surface area contributed by atoms with Crippen LogP contribution in [0.5, 0.6) is 0 Å². The van der Waals surface area contributed by atoms with Crippen molar-refractivity contribution in [3.05, 3.63) is 122 Å². The van der Waals surface area contributed by atoms with Crippen molar-refractivity contribution in [2.75, 3.05) is 13.2 Å². The molecule has 0 aliphatic carbocycles. The topological polar surface area (TPSA) is 119 Å². The van der Waals surface area contributed by atoms with Crippen molar-refractivity contribution in [3.63, 3.8) is 0 Å². The van der Waals surface area contributed by atoms with Crippen molar-refractivity contribution in [3.8, 4) is 0 Å². The van der Waals surface area contributed by atoms with Crippen LogP contribution < -0.4 is 0 Å². The minimum absolute atomic E-state index is 0.0638. The summed E-state index contributed by atoms with van der Waals surface area (Å²) in [6, 6.07) is 0. The van der Waals surface area contributed by atoms with Gasteiger partial charge < -0.3 is 19.3 Å². The van der Waals surface area contributed by atoms with Crippen molar-refractivity contribution in [2.45, 2.75) is 110 Å². The quantitative estimate of drug-likeness (QED) is 0.0429. The van der Waals surface area contributed by atoms with Gasteiger partial charge in [-0.05, 0) is 77.0 Å². The second kappa shape index (κ2) is 35.3. The maximum absolute atomic E-state index is 12.3. The van der Waals surface area contributed by atoms with Crippen molar-refractivity contribution >= 4 is 19.8 Å². The van der Waals surface area contributed by atoms with E-state index in [-0.39, 0.29) is 19.4 Å². The van der Waals surface area contributed by atoms with Gasteiger partial charge >= 0.3 is 19.8 Å². The molecule has 1 atom stereocenters. The van der Waals surface area contributed by atoms with Crippen LogP contribution in [0, 0.1) is 0 Å². The molecule has 1 unspecified atom stereocenters. The van der Waals surface area contributed by atoms with Crippen LogP contribution in [0.2, 0.25) is 0 Å². The average molecular weight is 713 g/mol. The number of hydrogen-bond donors (Lipinski definition) is 2. The summed E-state index contributed by atoms with van der Waals surface area (Å²) in [4.78, 5) is 42.6. The van der Waals surface area contributed by atoms with E-state index < -0.39 is 32.5 Å². The molecule has 0 rings (SSSR count). The van der Waals surface area contributed by atoms with E-state index >= 15 is 0 Å². The van der Waals surface area contributed by atoms with E-state index in [1.165, 1.54) is 0 Å². The van der Waals surface area contributed by atoms with Crippen molar-refractivity contribution in [1.29, 1.82) is 0 Å². The van der Waals surface area contributed by atoms with Gasteiger partial charge in [-0.25, -0.2) is 4.57 Å². The Labute approximate surface area is 301 Å². The largest absolute Gasteiger partial charge is 0.469 e. The minimum atomic E-state index is -4.79. The molecule has 0 bridgehead atoms. The van der Waals surface area contributed by atoms with E-state index in [9.17, 15) is 14.2 Å². The Morgan fingerprint density at radius 3 is 1.16 bits per heavy atom. The molecule has 0 heterocycles. The van der Waals surface area contributed by atoms with Crippen LogP contribution in [0.3, 0.4) is 0 Å². The van der Waals surface area contributed by atoms with Crippen LogP contribution in [-0.4, -0.2) is 41.0 Å². The lowest BCUT2D eigenvalue weighted by Crippen LogP contribution is -2.29. The first-order chi connectivity index (χ1) is 24.3. The van der Waals surface area contributed by atoms with Crippen molar-refractivity contribution < 1.29 is 37.9 Å². The summed E-state index contributed by atoms with van der Waals surface area (Å²) < 4.78 is 26.1. The maximum atomic E-state index is 12.3. The Morgan fingerprint density at radius 1 is 0.500 bits per heavy atom. The Bertz CT molecular complexity index is 1210. The van der Waals surface area contributed by atoms with Crippen LogP contribution >= 0.6 is 7.82 Å². The molecule has 0 aromatic rings. The number of hydrogen-bond acceptors (Lipinski definition) is 6. The van der Waals surface area contributed by atoms with Gasteiger partial charge in [-0.3, -0.25) is 14.1 Å². The summed E-state index contributed by atoms with van der Waals surface area (Å²) in [5.41, 5.74) is 0. The highest BCUT2D eigenvalue weighted by molar-refractivity contribution is 7.46. The zero-order valence-corrected chi connectivity index (χ0v) is 31.1. The van der Waals surface area contributed by atoms with Gasteiger partial charge in [-0.1, -0.05) is 135 Å². The number of phosphoric acid groups is 1. The molecule has 8 nitrogen and oxygen atoms in total. The smallest absolute Gasteiger partial charge is 0.462 e. The third-order valence-electron chi connectivity index (χ3n) is 6.50. The molecule has 278 valence electrons. The average Bonchev–Trinajstić information content (AvgIpc) is 3.08. The maximum Gasteiger partial charge on any atom is 0.469 e. The molecule has 0 aliphatic rings. The third kappa shape index (κ3) is 37.3. The van der Waals surface area contributed by atoms with Gasteiger partial charge in [0.05, 0.1) is 6.61 Å². The fourth-order valence-electron chi connectivity index (χ4n) is 3.94. The predicted molar refractivity (Wildman–Crippen MR) is 206 cm³/mol. The van der Waals surface area contributed by atoms with Crippen LogP contribution in [-0.2, 0) is 28.2 Å². The minimum Gasteiger partial charge on any atom is -0.462 e. The SMILES string of the molecule is CC/C=C\C/C=C\C/C=C\C/C=C\C/C=C\C/C=C\CCC(=O)OC(COC(=O)CC/C=C\C/C=C\C/C=C\C/C=C\CC)COP(=O)(O)O. The van der Waals surface area contributed by atoms with Gasteiger partial charge in [-0.2, -0.15) is 0 Å². The first-order valence-electron chi connectivity index (χ1n) is 17.8. The highest BCUT2D eigenvalue weighted by Gasteiger charge is 2.22. The van der Waals surface area contributed by atoms with Crippen molar-refractivity contribution in [1.82, 2.24) is 0 Å². The first kappa shape index (κ1) is 46.5. The Balaban J connectivity index is 4.26. The lowest BCUT2D eigenvalue weighted by molar-refractivity contribution is -0.161. The second-order valence-electron chi connectivity index (χ2n) is 11.1. The summed E-state index contributed by atoms with van der Waals surface area (Å²) in [6.45, 7) is 3.28. The van der Waals surface area contributed by atoms with Crippen LogP contribution in [0.15, 0.2) is 122 Å². The lowest BCUT2D eigenvalue weighted by atomic mass is 10.2. The molecule has 9 heteroatoms. The van der Waals surface area contributed by atoms with Crippen LogP contribution in [0.1, 0.15) is 104 Å². The summed E-state index contributed by atoms with van der Waals surface area (Å²) in [6.07, 6.45) is 50.9. The monoisotopic (exact) mass is 712 g/mol. The van der Waals surface area contributed by atoms with Gasteiger partial charge in [0.25, 0.3) is 0 Å². The molecular weight excluding hydrogens is 651 g/mol. The second-order valence-corrected chi connectivity index (χ2v) is 12.3. The Morgan fingerprint density at radius 2 is 0.820 bits per heavy atom. The van der Waals surface area contributed by atoms with Gasteiger partial charge in [0, 0.05) is 12.8 Å². The first-order valence-corrected chi connectivity index (χ1v) is 19.4. The standard InChI is InChI=1S/C41H61O8P/c1-3-5-7-9-11-13-15-17-18-19-20-21-22-24-26-28-30-32-34-36-41(43)49-39(38-48-50(44,45)46)37-47-40(42)35-33-31-29-27-25-23-16-14-12-10-8-6-4-2/h5-8,11-14,17-18,20-21,23-26,29-32,39H,3-4,9-10,15-16,19,22,27-28,33-38H2,1-2H3,(H2,44,45,46)/b7-5-,8-6-,13-11-,14-12-,18-17-,21-20-,25-23-,26-24-,31-29-,32-30-. The molecular formula is C41H61O8P. The van der Waals surface area contributed by atoms with Crippen LogP contribution in [0.25, 0.3) is 0 Å². The number of esters is 2. The fraction of sp³-hybridized carbons (Fsp3) is 0.463. The molecule has 0 amide bonds. The summed E-state index contributed by atoms with van der Waals surface area (Å²) >= 11 is 0. The van der Waals surface area contributed by atoms with Gasteiger partial charge in [0.15, 0.2) is 6.10 Å². The van der Waals surface area contributed by atoms with E-state index in [0.29, 0.717) is 12.8 Å². The zero-order valence-electron chi connectivity index (χ0n) is 30.2. The number of carbonyl (C=O) groups is 2. The van der Waals surface area contributed by atoms with E-state index in [2.05, 4.69) is 116 Å². The van der Waals surface area contributed by atoms with Gasteiger partial charge in [0.1, 0.15) is 6.61 Å². The molecule has 2 N–H and O–H groups in total. The molecule has 0 saturated carbocycles. The number of carbonyl (C=O) groups excluding carboxylic acids is 2. The molecule has 0 aliphatic heterocycles.